The van der Waals surface area contributed by atoms with Gasteiger partial charge in [0.25, 0.3) is 5.95 Å². The van der Waals surface area contributed by atoms with Gasteiger partial charge in [-0.2, -0.15) is 0 Å². The van der Waals surface area contributed by atoms with Gasteiger partial charge in [0.05, 0.1) is 13.2 Å². The molecule has 2 heteroatoms. The predicted octanol–water partition coefficient (Wildman–Crippen LogP) is 2.70. The predicted molar refractivity (Wildman–Crippen MR) is 46.2 cm³/mol. The summed E-state index contributed by atoms with van der Waals surface area (Å²) in [6.45, 7) is 9.39. The summed E-state index contributed by atoms with van der Waals surface area (Å²) in [6, 6.07) is 0. The van der Waals surface area contributed by atoms with E-state index in [0.29, 0.717) is 19.2 Å². The second-order valence-electron chi connectivity index (χ2n) is 2.29. The fourth-order valence-corrected chi connectivity index (χ4v) is 0.695. The van der Waals surface area contributed by atoms with E-state index in [4.69, 9.17) is 9.47 Å². The molecule has 0 aliphatic carbocycles. The van der Waals surface area contributed by atoms with Crippen molar-refractivity contribution in [3.63, 3.8) is 0 Å². The minimum atomic E-state index is 0.673. The average molecular weight is 158 g/mol. The molecule has 0 saturated heterocycles. The van der Waals surface area contributed by atoms with E-state index < -0.39 is 0 Å². The third-order valence-electron chi connectivity index (χ3n) is 1.43. The van der Waals surface area contributed by atoms with Gasteiger partial charge in [0.1, 0.15) is 0 Å². The Morgan fingerprint density at radius 3 is 1.73 bits per heavy atom. The average Bonchev–Trinajstić information content (AvgIpc) is 2.03. The molecule has 0 atom stereocenters. The highest BCUT2D eigenvalue weighted by Crippen LogP contribution is 2.10. The number of hydrogen-bond acceptors (Lipinski definition) is 2. The summed E-state index contributed by atoms with van der Waals surface area (Å²) < 4.78 is 10.6. The van der Waals surface area contributed by atoms with Crippen molar-refractivity contribution in [2.75, 3.05) is 13.2 Å². The molecule has 0 heterocycles. The van der Waals surface area contributed by atoms with E-state index in [-0.39, 0.29) is 0 Å². The number of hydrogen-bond donors (Lipinski definition) is 0. The van der Waals surface area contributed by atoms with Crippen LogP contribution in [0.5, 0.6) is 0 Å². The smallest absolute Gasteiger partial charge is 0.277 e. The molecule has 66 valence electrons. The van der Waals surface area contributed by atoms with Crippen molar-refractivity contribution in [3.8, 4) is 0 Å². The first-order chi connectivity index (χ1) is 5.26. The van der Waals surface area contributed by atoms with Crippen molar-refractivity contribution in [3.05, 3.63) is 11.5 Å². The molecule has 0 aromatic rings. The molecule has 0 N–H and O–H groups in total. The second-order valence-corrected chi connectivity index (χ2v) is 2.29. The summed E-state index contributed by atoms with van der Waals surface area (Å²) in [5.41, 5.74) is 1.17. The van der Waals surface area contributed by atoms with Crippen LogP contribution in [0.15, 0.2) is 11.5 Å². The van der Waals surface area contributed by atoms with Crippen molar-refractivity contribution >= 4 is 0 Å². The highest BCUT2D eigenvalue weighted by Gasteiger charge is 2.01. The Morgan fingerprint density at radius 1 is 1.00 bits per heavy atom. The van der Waals surface area contributed by atoms with Crippen LogP contribution < -0.4 is 0 Å². The largest absolute Gasteiger partial charge is 0.466 e. The zero-order valence-corrected chi connectivity index (χ0v) is 7.94. The van der Waals surface area contributed by atoms with Crippen LogP contribution in [-0.4, -0.2) is 13.2 Å². The fourth-order valence-electron chi connectivity index (χ4n) is 0.695. The maximum absolute atomic E-state index is 5.29. The van der Waals surface area contributed by atoms with Gasteiger partial charge in [-0.05, 0) is 27.2 Å². The first kappa shape index (κ1) is 10.3. The number of ether oxygens (including phenoxy) is 2. The Labute approximate surface area is 69.2 Å². The van der Waals surface area contributed by atoms with Crippen LogP contribution in [-0.2, 0) is 9.47 Å². The van der Waals surface area contributed by atoms with E-state index in [1.807, 2.05) is 20.8 Å². The summed E-state index contributed by atoms with van der Waals surface area (Å²) in [4.78, 5) is 0. The highest BCUT2D eigenvalue weighted by molar-refractivity contribution is 4.98. The lowest BCUT2D eigenvalue weighted by Gasteiger charge is -2.11. The molecule has 0 rings (SSSR count). The monoisotopic (exact) mass is 158 g/mol. The van der Waals surface area contributed by atoms with Gasteiger partial charge >= 0.3 is 0 Å². The Kier molecular flexibility index (Phi) is 5.71. The van der Waals surface area contributed by atoms with Crippen molar-refractivity contribution < 1.29 is 9.47 Å². The molecule has 0 aliphatic heterocycles. The number of allylic oxidation sites excluding steroid dienone is 1. The normalized spacial score (nSPS) is 9.09. The van der Waals surface area contributed by atoms with Gasteiger partial charge in [0.15, 0.2) is 0 Å². The van der Waals surface area contributed by atoms with Gasteiger partial charge in [0, 0.05) is 5.57 Å². The van der Waals surface area contributed by atoms with Crippen LogP contribution in [0.1, 0.15) is 34.1 Å². The molecular weight excluding hydrogens is 140 g/mol. The Hall–Kier alpha value is -0.660. The van der Waals surface area contributed by atoms with Crippen LogP contribution in [0, 0.1) is 0 Å². The van der Waals surface area contributed by atoms with Crippen LogP contribution >= 0.6 is 0 Å². The standard InChI is InChI=1S/C9H18O2/c1-5-8(4)9(10-6-2)11-7-3/h5-7H2,1-4H3. The first-order valence-electron chi connectivity index (χ1n) is 4.21. The topological polar surface area (TPSA) is 18.5 Å². The van der Waals surface area contributed by atoms with Gasteiger partial charge in [0.2, 0.25) is 0 Å². The van der Waals surface area contributed by atoms with E-state index in [2.05, 4.69) is 6.92 Å². The van der Waals surface area contributed by atoms with E-state index in [9.17, 15) is 0 Å². The summed E-state index contributed by atoms with van der Waals surface area (Å²) in [5, 5.41) is 0. The molecule has 0 aromatic carbocycles. The highest BCUT2D eigenvalue weighted by atomic mass is 16.7. The molecular formula is C9H18O2. The van der Waals surface area contributed by atoms with Gasteiger partial charge in [-0.1, -0.05) is 6.92 Å². The molecule has 0 aliphatic rings. The van der Waals surface area contributed by atoms with Crippen molar-refractivity contribution in [1.82, 2.24) is 0 Å². The van der Waals surface area contributed by atoms with E-state index in [0.717, 1.165) is 6.42 Å². The lowest BCUT2D eigenvalue weighted by Crippen LogP contribution is -2.00. The fraction of sp³-hybridized carbons (Fsp3) is 0.778. The minimum Gasteiger partial charge on any atom is -0.466 e. The first-order valence-corrected chi connectivity index (χ1v) is 4.21. The molecule has 0 aromatic heterocycles. The zero-order chi connectivity index (χ0) is 8.69. The molecule has 0 bridgehead atoms. The van der Waals surface area contributed by atoms with Gasteiger partial charge in [-0.25, -0.2) is 0 Å². The molecule has 0 fully saturated rings. The summed E-state index contributed by atoms with van der Waals surface area (Å²) in [7, 11) is 0. The molecule has 11 heavy (non-hydrogen) atoms. The van der Waals surface area contributed by atoms with Crippen LogP contribution in [0.3, 0.4) is 0 Å². The zero-order valence-electron chi connectivity index (χ0n) is 7.94. The van der Waals surface area contributed by atoms with Crippen molar-refractivity contribution in [1.29, 1.82) is 0 Å². The van der Waals surface area contributed by atoms with Gasteiger partial charge < -0.3 is 9.47 Å². The summed E-state index contributed by atoms with van der Waals surface area (Å²) in [6.07, 6.45) is 0.981. The van der Waals surface area contributed by atoms with Crippen LogP contribution in [0.25, 0.3) is 0 Å². The third kappa shape index (κ3) is 3.91. The Balaban J connectivity index is 4.05. The SMILES string of the molecule is CCOC(OCC)=C(C)CC. The molecule has 0 saturated carbocycles. The van der Waals surface area contributed by atoms with Crippen molar-refractivity contribution in [2.45, 2.75) is 34.1 Å². The minimum absolute atomic E-state index is 0.673. The molecule has 0 unspecified atom stereocenters. The maximum atomic E-state index is 5.29. The van der Waals surface area contributed by atoms with Crippen LogP contribution in [0.4, 0.5) is 0 Å². The van der Waals surface area contributed by atoms with Gasteiger partial charge in [-0.3, -0.25) is 0 Å². The van der Waals surface area contributed by atoms with Crippen LogP contribution in [0.2, 0.25) is 0 Å². The molecule has 0 spiro atoms. The molecule has 2 nitrogen and oxygen atoms in total. The third-order valence-corrected chi connectivity index (χ3v) is 1.43. The summed E-state index contributed by atoms with van der Waals surface area (Å²) in [5.74, 6) is 0.706. The maximum Gasteiger partial charge on any atom is 0.277 e. The molecule has 0 radical (unpaired) electrons. The van der Waals surface area contributed by atoms with E-state index >= 15 is 0 Å². The lowest BCUT2D eigenvalue weighted by molar-refractivity contribution is 0.0421. The lowest BCUT2D eigenvalue weighted by atomic mass is 10.2. The molecule has 0 amide bonds. The van der Waals surface area contributed by atoms with Gasteiger partial charge in [-0.15, -0.1) is 0 Å². The number of rotatable bonds is 5. The van der Waals surface area contributed by atoms with E-state index in [1.54, 1.807) is 0 Å². The Bertz CT molecular complexity index is 120. The quantitative estimate of drug-likeness (QED) is 0.573. The summed E-state index contributed by atoms with van der Waals surface area (Å²) >= 11 is 0. The Morgan fingerprint density at radius 2 is 1.45 bits per heavy atom. The van der Waals surface area contributed by atoms with E-state index in [1.165, 1.54) is 5.57 Å². The second kappa shape index (κ2) is 6.08. The van der Waals surface area contributed by atoms with Crippen molar-refractivity contribution in [2.24, 2.45) is 0 Å².